The van der Waals surface area contributed by atoms with Gasteiger partial charge >= 0.3 is 0 Å². The van der Waals surface area contributed by atoms with Gasteiger partial charge in [0.25, 0.3) is 0 Å². The van der Waals surface area contributed by atoms with Crippen LogP contribution >= 0.6 is 31.9 Å². The maximum atomic E-state index is 11.3. The summed E-state index contributed by atoms with van der Waals surface area (Å²) in [6.07, 6.45) is 4.31. The van der Waals surface area contributed by atoms with Gasteiger partial charge in [-0.25, -0.2) is 0 Å². The third-order valence-electron chi connectivity index (χ3n) is 3.09. The maximum Gasteiger partial charge on any atom is 0.219 e. The molecule has 1 fully saturated rings. The number of allylic oxidation sites excluding steroid dienone is 3. The lowest BCUT2D eigenvalue weighted by molar-refractivity contribution is -0.129. The van der Waals surface area contributed by atoms with E-state index in [1.807, 2.05) is 4.90 Å². The standard InChI is InChI=1S/C11H13Br2NO/c1-7(15)14-3-2-8-4-10(12)11(13)5-9(8)6-14/h5,8H,2-4,6H2,1H3. The zero-order valence-electron chi connectivity index (χ0n) is 8.59. The van der Waals surface area contributed by atoms with Crippen molar-refractivity contribution in [2.45, 2.75) is 19.8 Å². The zero-order chi connectivity index (χ0) is 11.0. The average molecular weight is 335 g/mol. The van der Waals surface area contributed by atoms with Gasteiger partial charge in [0.2, 0.25) is 5.91 Å². The first-order valence-corrected chi connectivity index (χ1v) is 6.66. The molecule has 2 rings (SSSR count). The molecule has 1 aliphatic carbocycles. The van der Waals surface area contributed by atoms with Crippen molar-refractivity contribution >= 4 is 37.8 Å². The molecule has 0 aromatic heterocycles. The fourth-order valence-electron chi connectivity index (χ4n) is 2.15. The van der Waals surface area contributed by atoms with Crippen molar-refractivity contribution < 1.29 is 4.79 Å². The Morgan fingerprint density at radius 3 is 2.93 bits per heavy atom. The van der Waals surface area contributed by atoms with Gasteiger partial charge in [-0.15, -0.1) is 0 Å². The Morgan fingerprint density at radius 1 is 1.53 bits per heavy atom. The molecule has 0 spiro atoms. The number of hydrogen-bond acceptors (Lipinski definition) is 1. The van der Waals surface area contributed by atoms with Gasteiger partial charge < -0.3 is 4.90 Å². The number of fused-ring (bicyclic) bond motifs is 1. The van der Waals surface area contributed by atoms with E-state index in [-0.39, 0.29) is 5.91 Å². The summed E-state index contributed by atoms with van der Waals surface area (Å²) >= 11 is 7.09. The first-order chi connectivity index (χ1) is 7.08. The summed E-state index contributed by atoms with van der Waals surface area (Å²) in [7, 11) is 0. The van der Waals surface area contributed by atoms with Crippen molar-refractivity contribution in [2.75, 3.05) is 13.1 Å². The third kappa shape index (κ3) is 2.36. The van der Waals surface area contributed by atoms with E-state index >= 15 is 0 Å². The quantitative estimate of drug-likeness (QED) is 0.666. The van der Waals surface area contributed by atoms with Crippen LogP contribution in [-0.4, -0.2) is 23.9 Å². The highest BCUT2D eigenvalue weighted by Crippen LogP contribution is 2.39. The maximum absolute atomic E-state index is 11.3. The molecule has 0 saturated carbocycles. The van der Waals surface area contributed by atoms with Gasteiger partial charge in [0.15, 0.2) is 0 Å². The van der Waals surface area contributed by atoms with E-state index in [2.05, 4.69) is 37.9 Å². The lowest BCUT2D eigenvalue weighted by Crippen LogP contribution is -2.39. The molecule has 1 unspecified atom stereocenters. The predicted molar refractivity (Wildman–Crippen MR) is 67.9 cm³/mol. The molecule has 0 aromatic carbocycles. The van der Waals surface area contributed by atoms with Crippen molar-refractivity contribution in [1.82, 2.24) is 4.90 Å². The third-order valence-corrected chi connectivity index (χ3v) is 5.08. The van der Waals surface area contributed by atoms with Crippen molar-refractivity contribution in [3.05, 3.63) is 20.6 Å². The lowest BCUT2D eigenvalue weighted by Gasteiger charge is -2.35. The van der Waals surface area contributed by atoms with Crippen molar-refractivity contribution in [3.63, 3.8) is 0 Å². The molecule has 0 N–H and O–H groups in total. The summed E-state index contributed by atoms with van der Waals surface area (Å²) in [6.45, 7) is 3.34. The van der Waals surface area contributed by atoms with E-state index in [1.165, 1.54) is 10.1 Å². The highest BCUT2D eigenvalue weighted by Gasteiger charge is 2.28. The number of carbonyl (C=O) groups excluding carboxylic acids is 1. The van der Waals surface area contributed by atoms with Gasteiger partial charge in [-0.1, -0.05) is 15.9 Å². The fraction of sp³-hybridized carbons (Fsp3) is 0.545. The Morgan fingerprint density at radius 2 is 2.27 bits per heavy atom. The normalized spacial score (nSPS) is 26.2. The van der Waals surface area contributed by atoms with Crippen molar-refractivity contribution in [3.8, 4) is 0 Å². The van der Waals surface area contributed by atoms with Crippen molar-refractivity contribution in [2.24, 2.45) is 5.92 Å². The first kappa shape index (κ1) is 11.4. The minimum absolute atomic E-state index is 0.180. The smallest absolute Gasteiger partial charge is 0.219 e. The van der Waals surface area contributed by atoms with E-state index in [0.29, 0.717) is 5.92 Å². The molecule has 82 valence electrons. The Hall–Kier alpha value is -0.0900. The summed E-state index contributed by atoms with van der Waals surface area (Å²) in [5.74, 6) is 0.801. The molecule has 0 aromatic rings. The topological polar surface area (TPSA) is 20.3 Å². The second-order valence-electron chi connectivity index (χ2n) is 4.10. The van der Waals surface area contributed by atoms with Gasteiger partial charge in [0.05, 0.1) is 0 Å². The van der Waals surface area contributed by atoms with E-state index < -0.39 is 0 Å². The van der Waals surface area contributed by atoms with Crippen LogP contribution in [0.25, 0.3) is 0 Å². The Labute approximate surface area is 107 Å². The number of nitrogens with zero attached hydrogens (tertiary/aromatic N) is 1. The van der Waals surface area contributed by atoms with Crippen LogP contribution in [0.2, 0.25) is 0 Å². The van der Waals surface area contributed by atoms with Crippen LogP contribution in [-0.2, 0) is 4.79 Å². The van der Waals surface area contributed by atoms with E-state index in [0.717, 1.165) is 30.4 Å². The molecule has 2 nitrogen and oxygen atoms in total. The molecular formula is C11H13Br2NO. The van der Waals surface area contributed by atoms with Gasteiger partial charge in [-0.05, 0) is 46.3 Å². The van der Waals surface area contributed by atoms with Gasteiger partial charge in [-0.2, -0.15) is 0 Å². The van der Waals surface area contributed by atoms with E-state index in [1.54, 1.807) is 6.92 Å². The van der Waals surface area contributed by atoms with Gasteiger partial charge in [-0.3, -0.25) is 4.79 Å². The first-order valence-electron chi connectivity index (χ1n) is 5.08. The van der Waals surface area contributed by atoms with Crippen LogP contribution < -0.4 is 0 Å². The van der Waals surface area contributed by atoms with Crippen LogP contribution in [0.3, 0.4) is 0 Å². The van der Waals surface area contributed by atoms with Gasteiger partial charge in [0, 0.05) is 29.0 Å². The van der Waals surface area contributed by atoms with Crippen LogP contribution in [0.4, 0.5) is 0 Å². The average Bonchev–Trinajstić information content (AvgIpc) is 2.19. The molecule has 1 aliphatic heterocycles. The minimum Gasteiger partial charge on any atom is -0.339 e. The summed E-state index contributed by atoms with van der Waals surface area (Å²) in [6, 6.07) is 0. The molecule has 0 bridgehead atoms. The second kappa shape index (κ2) is 4.42. The van der Waals surface area contributed by atoms with Crippen LogP contribution in [0.5, 0.6) is 0 Å². The molecule has 15 heavy (non-hydrogen) atoms. The number of piperidine rings is 1. The lowest BCUT2D eigenvalue weighted by atomic mass is 9.85. The van der Waals surface area contributed by atoms with Crippen molar-refractivity contribution in [1.29, 1.82) is 0 Å². The molecule has 4 heteroatoms. The number of halogens is 2. The monoisotopic (exact) mass is 333 g/mol. The summed E-state index contributed by atoms with van der Waals surface area (Å²) in [5.41, 5.74) is 1.38. The Bertz CT molecular complexity index is 360. The number of likely N-dealkylation sites (tertiary alicyclic amines) is 1. The van der Waals surface area contributed by atoms with Crippen LogP contribution in [0.1, 0.15) is 19.8 Å². The highest BCUT2D eigenvalue weighted by molar-refractivity contribution is 9.14. The highest BCUT2D eigenvalue weighted by atomic mass is 79.9. The second-order valence-corrected chi connectivity index (χ2v) is 5.91. The molecule has 0 radical (unpaired) electrons. The summed E-state index contributed by atoms with van der Waals surface area (Å²) in [4.78, 5) is 13.2. The molecular weight excluding hydrogens is 322 g/mol. The van der Waals surface area contributed by atoms with Crippen LogP contribution in [0, 0.1) is 5.92 Å². The Balaban J connectivity index is 2.18. The summed E-state index contributed by atoms with van der Waals surface area (Å²) < 4.78 is 2.37. The number of rotatable bonds is 0. The summed E-state index contributed by atoms with van der Waals surface area (Å²) in [5, 5.41) is 0. The van der Waals surface area contributed by atoms with Crippen LogP contribution in [0.15, 0.2) is 20.6 Å². The Kier molecular flexibility index (Phi) is 3.36. The number of hydrogen-bond donors (Lipinski definition) is 0. The number of carbonyl (C=O) groups is 1. The molecule has 1 saturated heterocycles. The molecule has 2 aliphatic rings. The van der Waals surface area contributed by atoms with E-state index in [4.69, 9.17) is 0 Å². The van der Waals surface area contributed by atoms with E-state index in [9.17, 15) is 4.79 Å². The molecule has 1 amide bonds. The molecule has 1 atom stereocenters. The molecule has 1 heterocycles. The fourth-order valence-corrected chi connectivity index (χ4v) is 3.11. The minimum atomic E-state index is 0.180. The predicted octanol–water partition coefficient (Wildman–Crippen LogP) is 3.19. The number of amides is 1. The zero-order valence-corrected chi connectivity index (χ0v) is 11.8. The largest absolute Gasteiger partial charge is 0.339 e. The van der Waals surface area contributed by atoms with Gasteiger partial charge in [0.1, 0.15) is 0 Å². The SMILES string of the molecule is CC(=O)N1CCC2CC(Br)=C(Br)C=C2C1.